The van der Waals surface area contributed by atoms with Gasteiger partial charge in [-0.25, -0.2) is 4.68 Å². The van der Waals surface area contributed by atoms with E-state index in [1.165, 1.54) is 7.11 Å². The van der Waals surface area contributed by atoms with Crippen LogP contribution in [0.2, 0.25) is 0 Å². The van der Waals surface area contributed by atoms with Crippen molar-refractivity contribution >= 4 is 17.3 Å². The molecule has 224 valence electrons. The van der Waals surface area contributed by atoms with Gasteiger partial charge in [0, 0.05) is 37.0 Å². The van der Waals surface area contributed by atoms with Gasteiger partial charge < -0.3 is 30.0 Å². The number of aromatic nitrogens is 3. The van der Waals surface area contributed by atoms with Gasteiger partial charge in [0.25, 0.3) is 0 Å². The van der Waals surface area contributed by atoms with E-state index in [0.717, 1.165) is 54.6 Å². The lowest BCUT2D eigenvalue weighted by atomic mass is 9.55. The van der Waals surface area contributed by atoms with Crippen LogP contribution in [0.5, 0.6) is 11.5 Å². The van der Waals surface area contributed by atoms with Crippen LogP contribution in [0.4, 0.5) is 0 Å². The molecule has 2 aliphatic carbocycles. The topological polar surface area (TPSA) is 142 Å². The number of aromatic hydroxyl groups is 1. The summed E-state index contributed by atoms with van der Waals surface area (Å²) in [5.74, 6) is -0.990. The molecular formula is C30H41ClN4O6. The minimum atomic E-state index is -1.68. The van der Waals surface area contributed by atoms with Gasteiger partial charge in [-0.3, -0.25) is 0 Å². The molecule has 0 radical (unpaired) electrons. The van der Waals surface area contributed by atoms with Crippen molar-refractivity contribution in [3.63, 3.8) is 0 Å². The number of allylic oxidation sites excluding steroid dienone is 1. The number of unbranched alkanes of at least 4 members (excludes halogenated alkanes) is 2. The molecule has 1 aliphatic heterocycles. The first kappa shape index (κ1) is 29.8. The smallest absolute Gasteiger partial charge is 0.238 e. The maximum atomic E-state index is 12.8. The molecule has 1 aromatic carbocycles. The van der Waals surface area contributed by atoms with Gasteiger partial charge in [0.2, 0.25) is 5.79 Å². The lowest BCUT2D eigenvalue weighted by Crippen LogP contribution is -2.62. The number of ether oxygens (including phenoxy) is 1. The Hall–Kier alpha value is -2.66. The summed E-state index contributed by atoms with van der Waals surface area (Å²) in [6, 6.07) is 4.43. The van der Waals surface area contributed by atoms with Crippen LogP contribution in [-0.4, -0.2) is 73.1 Å². The number of halogens is 1. The van der Waals surface area contributed by atoms with Gasteiger partial charge in [0.1, 0.15) is 24.7 Å². The van der Waals surface area contributed by atoms with Crippen LogP contribution in [0.25, 0.3) is 0 Å². The van der Waals surface area contributed by atoms with Crippen LogP contribution >= 0.6 is 11.6 Å². The molecule has 6 atom stereocenters. The number of alkyl halides is 1. The quantitative estimate of drug-likeness (QED) is 0.156. The first-order valence-electron chi connectivity index (χ1n) is 14.7. The van der Waals surface area contributed by atoms with Crippen molar-refractivity contribution in [1.82, 2.24) is 15.0 Å². The molecule has 6 unspecified atom stereocenters. The van der Waals surface area contributed by atoms with E-state index in [2.05, 4.69) is 21.5 Å². The van der Waals surface area contributed by atoms with Crippen molar-refractivity contribution in [3.05, 3.63) is 47.3 Å². The lowest BCUT2D eigenvalue weighted by Gasteiger charge is -2.56. The maximum absolute atomic E-state index is 12.8. The van der Waals surface area contributed by atoms with Crippen molar-refractivity contribution in [2.45, 2.75) is 75.5 Å². The number of aliphatic hydroxyl groups excluding tert-OH is 2. The number of hydrogen-bond acceptors (Lipinski definition) is 9. The molecule has 1 aromatic heterocycles. The summed E-state index contributed by atoms with van der Waals surface area (Å²) in [5, 5.41) is 55.4. The van der Waals surface area contributed by atoms with Gasteiger partial charge in [-0.15, -0.1) is 16.7 Å². The molecule has 10 nitrogen and oxygen atoms in total. The van der Waals surface area contributed by atoms with Crippen LogP contribution in [0.15, 0.2) is 41.2 Å². The van der Waals surface area contributed by atoms with E-state index in [1.807, 2.05) is 0 Å². The number of fused-ring (bicyclic) bond motifs is 2. The highest BCUT2D eigenvalue weighted by Crippen LogP contribution is 2.62. The second-order valence-corrected chi connectivity index (χ2v) is 11.7. The third-order valence-corrected chi connectivity index (χ3v) is 9.24. The van der Waals surface area contributed by atoms with Crippen LogP contribution in [0, 0.1) is 17.8 Å². The highest BCUT2D eigenvalue weighted by atomic mass is 35.5. The Morgan fingerprint density at radius 3 is 2.66 bits per heavy atom. The zero-order chi connectivity index (χ0) is 29.0. The van der Waals surface area contributed by atoms with Crippen molar-refractivity contribution in [3.8, 4) is 11.5 Å². The maximum Gasteiger partial charge on any atom is 0.238 e. The van der Waals surface area contributed by atoms with Crippen molar-refractivity contribution in [2.75, 3.05) is 26.2 Å². The zero-order valence-electron chi connectivity index (χ0n) is 23.5. The molecule has 2 heterocycles. The largest absolute Gasteiger partial charge is 0.508 e. The normalized spacial score (nSPS) is 29.4. The van der Waals surface area contributed by atoms with E-state index in [0.29, 0.717) is 37.3 Å². The number of oxime groups is 1. The molecule has 1 saturated carbocycles. The monoisotopic (exact) mass is 588 g/mol. The number of phenolic OH excluding ortho intramolecular Hbond substituents is 1. The van der Waals surface area contributed by atoms with Crippen LogP contribution in [0.1, 0.15) is 74.6 Å². The number of benzene rings is 1. The van der Waals surface area contributed by atoms with Gasteiger partial charge in [0.05, 0.1) is 23.5 Å². The molecule has 0 bridgehead atoms. The molecule has 11 heteroatoms. The molecule has 0 spiro atoms. The Morgan fingerprint density at radius 1 is 1.15 bits per heavy atom. The van der Waals surface area contributed by atoms with E-state index >= 15 is 0 Å². The Morgan fingerprint density at radius 2 is 1.93 bits per heavy atom. The Kier molecular flexibility index (Phi) is 9.53. The van der Waals surface area contributed by atoms with E-state index in [9.17, 15) is 20.4 Å². The number of aliphatic hydroxyl groups is 3. The fourth-order valence-corrected chi connectivity index (χ4v) is 7.41. The summed E-state index contributed by atoms with van der Waals surface area (Å²) in [4.78, 5) is 5.34. The van der Waals surface area contributed by atoms with E-state index in [4.69, 9.17) is 21.2 Å². The fraction of sp³-hybridized carbons (Fsp3) is 0.633. The minimum absolute atomic E-state index is 0.0963. The van der Waals surface area contributed by atoms with Crippen molar-refractivity contribution in [2.24, 2.45) is 22.9 Å². The van der Waals surface area contributed by atoms with Crippen LogP contribution in [-0.2, 0) is 11.3 Å². The predicted octanol–water partition coefficient (Wildman–Crippen LogP) is 4.08. The van der Waals surface area contributed by atoms with Crippen LogP contribution in [0.3, 0.4) is 0 Å². The molecule has 0 saturated heterocycles. The van der Waals surface area contributed by atoms with Crippen molar-refractivity contribution < 1.29 is 30.0 Å². The van der Waals surface area contributed by atoms with Crippen molar-refractivity contribution in [1.29, 1.82) is 0 Å². The SMILES string of the molecule is CON=C1CC(n2nncc2CCCCl)C2(O)Oc3ccc(O)cc3C3C(CCCCO)C(CCCCO)C=C1C32. The number of nitrogens with zero attached hydrogens (tertiary/aromatic N) is 4. The third kappa shape index (κ3) is 5.71. The average molecular weight is 589 g/mol. The molecule has 1 fully saturated rings. The third-order valence-electron chi connectivity index (χ3n) is 8.97. The molecule has 0 amide bonds. The van der Waals surface area contributed by atoms with Gasteiger partial charge in [0.15, 0.2) is 0 Å². The van der Waals surface area contributed by atoms with Gasteiger partial charge >= 0.3 is 0 Å². The van der Waals surface area contributed by atoms with E-state index < -0.39 is 17.7 Å². The molecule has 2 aromatic rings. The fourth-order valence-electron chi connectivity index (χ4n) is 7.27. The Labute approximate surface area is 245 Å². The summed E-state index contributed by atoms with van der Waals surface area (Å²) in [7, 11) is 1.52. The standard InChI is InChI=1S/C30H41ClN4O6/c1-40-33-25-17-27(35-20(8-6-12-31)18-32-34-35)30(39)29-23(25)15-19(7-2-4-13-36)22(9-3-5-14-37)28(29)24-16-21(38)10-11-26(24)41-30/h10-11,15-16,18-19,22,27-29,36-39H,2-9,12-14,17H2,1H3. The average Bonchev–Trinajstić information content (AvgIpc) is 3.42. The second kappa shape index (κ2) is 13.1. The number of aryl methyl sites for hydroxylation is 1. The lowest BCUT2D eigenvalue weighted by molar-refractivity contribution is -0.225. The molecule has 3 aliphatic rings. The zero-order valence-corrected chi connectivity index (χ0v) is 24.3. The predicted molar refractivity (Wildman–Crippen MR) is 154 cm³/mol. The number of rotatable bonds is 13. The summed E-state index contributed by atoms with van der Waals surface area (Å²) >= 11 is 6.00. The summed E-state index contributed by atoms with van der Waals surface area (Å²) in [6.45, 7) is 0.252. The van der Waals surface area contributed by atoms with Gasteiger partial charge in [-0.2, -0.15) is 0 Å². The van der Waals surface area contributed by atoms with Gasteiger partial charge in [-0.05, 0) is 74.1 Å². The summed E-state index contributed by atoms with van der Waals surface area (Å²) < 4.78 is 8.32. The second-order valence-electron chi connectivity index (χ2n) is 11.4. The van der Waals surface area contributed by atoms with E-state index in [1.54, 1.807) is 29.1 Å². The van der Waals surface area contributed by atoms with Crippen LogP contribution < -0.4 is 4.74 Å². The molecule has 4 N–H and O–H groups in total. The summed E-state index contributed by atoms with van der Waals surface area (Å²) in [5.41, 5.74) is 3.32. The minimum Gasteiger partial charge on any atom is -0.508 e. The number of hydrogen-bond donors (Lipinski definition) is 4. The molecular weight excluding hydrogens is 548 g/mol. The first-order chi connectivity index (χ1) is 20.0. The number of phenols is 1. The highest BCUT2D eigenvalue weighted by Gasteiger charge is 2.63. The first-order valence-corrected chi connectivity index (χ1v) is 15.2. The Balaban J connectivity index is 1.69. The highest BCUT2D eigenvalue weighted by molar-refractivity contribution is 6.17. The van der Waals surface area contributed by atoms with E-state index in [-0.39, 0.29) is 36.7 Å². The Bertz CT molecular complexity index is 1250. The van der Waals surface area contributed by atoms with Gasteiger partial charge in [-0.1, -0.05) is 29.3 Å². The molecule has 5 rings (SSSR count). The summed E-state index contributed by atoms with van der Waals surface area (Å²) in [6.07, 6.45) is 10.4. The molecule has 41 heavy (non-hydrogen) atoms.